The summed E-state index contributed by atoms with van der Waals surface area (Å²) in [5, 5.41) is 13.2. The Hall–Kier alpha value is -3.20. The third-order valence-electron chi connectivity index (χ3n) is 5.01. The van der Waals surface area contributed by atoms with E-state index >= 15 is 0 Å². The maximum absolute atomic E-state index is 12.4. The fourth-order valence-corrected chi connectivity index (χ4v) is 3.44. The number of benzene rings is 1. The number of fused-ring (bicyclic) bond motifs is 1. The zero-order chi connectivity index (χ0) is 20.0. The predicted molar refractivity (Wildman–Crippen MR) is 106 cm³/mol. The van der Waals surface area contributed by atoms with E-state index in [2.05, 4.69) is 16.4 Å². The largest absolute Gasteiger partial charge is 0.449 e. The summed E-state index contributed by atoms with van der Waals surface area (Å²) in [6, 6.07) is 11.7. The fourth-order valence-electron chi connectivity index (χ4n) is 3.44. The molecule has 1 aliphatic carbocycles. The number of nitriles is 1. The van der Waals surface area contributed by atoms with Crippen molar-refractivity contribution in [1.29, 1.82) is 5.26 Å². The zero-order valence-corrected chi connectivity index (χ0v) is 15.9. The molecule has 0 aliphatic heterocycles. The van der Waals surface area contributed by atoms with Gasteiger partial charge in [0.05, 0.1) is 11.6 Å². The molecule has 2 aromatic rings. The van der Waals surface area contributed by atoms with Gasteiger partial charge in [-0.1, -0.05) is 43.5 Å². The van der Waals surface area contributed by atoms with Crippen LogP contribution >= 0.6 is 0 Å². The Morgan fingerprint density at radius 1 is 1.25 bits per heavy atom. The monoisotopic (exact) mass is 377 g/mol. The van der Waals surface area contributed by atoms with Crippen molar-refractivity contribution in [2.45, 2.75) is 50.7 Å². The van der Waals surface area contributed by atoms with E-state index in [-0.39, 0.29) is 0 Å². The molecule has 0 radical (unpaired) electrons. The molecule has 1 amide bonds. The molecule has 144 valence electrons. The summed E-state index contributed by atoms with van der Waals surface area (Å²) >= 11 is 0. The number of carbonyl (C=O) groups is 2. The predicted octanol–water partition coefficient (Wildman–Crippen LogP) is 3.52. The van der Waals surface area contributed by atoms with Crippen molar-refractivity contribution in [3.8, 4) is 6.07 Å². The Bertz CT molecular complexity index is 934. The number of aromatic nitrogens is 1. The summed E-state index contributed by atoms with van der Waals surface area (Å²) < 4.78 is 5.21. The van der Waals surface area contributed by atoms with Crippen molar-refractivity contribution < 1.29 is 14.3 Å². The van der Waals surface area contributed by atoms with E-state index in [0.717, 1.165) is 35.7 Å². The fraction of sp³-hybridized carbons (Fsp3) is 0.364. The van der Waals surface area contributed by atoms with Crippen molar-refractivity contribution in [1.82, 2.24) is 10.3 Å². The number of hydrogen-bond acceptors (Lipinski definition) is 5. The molecule has 1 saturated carbocycles. The average molecular weight is 377 g/mol. The molecular formula is C22H23N3O3. The molecule has 6 nitrogen and oxygen atoms in total. The van der Waals surface area contributed by atoms with Crippen molar-refractivity contribution in [2.24, 2.45) is 0 Å². The minimum atomic E-state index is -0.977. The lowest BCUT2D eigenvalue weighted by molar-refractivity contribution is -0.150. The number of ether oxygens (including phenoxy) is 1. The van der Waals surface area contributed by atoms with Crippen LogP contribution < -0.4 is 5.32 Å². The van der Waals surface area contributed by atoms with E-state index in [0.29, 0.717) is 12.8 Å². The number of nitrogens with one attached hydrogen (secondary N) is 1. The third-order valence-corrected chi connectivity index (χ3v) is 5.01. The van der Waals surface area contributed by atoms with E-state index in [9.17, 15) is 14.9 Å². The molecule has 1 N–H and O–H groups in total. The smallest absolute Gasteiger partial charge is 0.331 e. The summed E-state index contributed by atoms with van der Waals surface area (Å²) in [6.45, 7) is 1.51. The van der Waals surface area contributed by atoms with Crippen LogP contribution in [-0.4, -0.2) is 28.5 Å². The lowest BCUT2D eigenvalue weighted by Gasteiger charge is -2.32. The highest BCUT2D eigenvalue weighted by atomic mass is 16.5. The van der Waals surface area contributed by atoms with Gasteiger partial charge in [0.15, 0.2) is 6.10 Å². The van der Waals surface area contributed by atoms with E-state index in [1.807, 2.05) is 30.3 Å². The standard InChI is InChI=1S/C22H23N3O3/c1-16(21(27)25-22(15-23)12-3-2-4-13-22)28-19(26)11-10-18-8-5-7-17-9-6-14-24-20(17)18/h5-11,14,16H,2-4,12-13H2,1H3,(H,25,27). The maximum atomic E-state index is 12.4. The Morgan fingerprint density at radius 2 is 2.00 bits per heavy atom. The number of esters is 1. The summed E-state index contributed by atoms with van der Waals surface area (Å²) in [4.78, 5) is 28.9. The summed E-state index contributed by atoms with van der Waals surface area (Å²) in [5.74, 6) is -1.07. The molecule has 1 unspecified atom stereocenters. The van der Waals surface area contributed by atoms with Gasteiger partial charge in [0.2, 0.25) is 0 Å². The first-order valence-electron chi connectivity index (χ1n) is 9.49. The average Bonchev–Trinajstić information content (AvgIpc) is 2.72. The quantitative estimate of drug-likeness (QED) is 0.636. The van der Waals surface area contributed by atoms with Crippen molar-refractivity contribution >= 4 is 28.9 Å². The van der Waals surface area contributed by atoms with Gasteiger partial charge in [-0.2, -0.15) is 5.26 Å². The van der Waals surface area contributed by atoms with Crippen LogP contribution in [0.2, 0.25) is 0 Å². The van der Waals surface area contributed by atoms with E-state index in [4.69, 9.17) is 4.74 Å². The van der Waals surface area contributed by atoms with Crippen LogP contribution in [0.5, 0.6) is 0 Å². The third kappa shape index (κ3) is 4.55. The van der Waals surface area contributed by atoms with Gasteiger partial charge < -0.3 is 10.1 Å². The molecular weight excluding hydrogens is 354 g/mol. The molecule has 0 saturated heterocycles. The van der Waals surface area contributed by atoms with Gasteiger partial charge in [-0.05, 0) is 31.9 Å². The Balaban J connectivity index is 1.61. The lowest BCUT2D eigenvalue weighted by Crippen LogP contribution is -2.52. The number of amides is 1. The van der Waals surface area contributed by atoms with E-state index < -0.39 is 23.5 Å². The van der Waals surface area contributed by atoms with Crippen LogP contribution in [0.1, 0.15) is 44.6 Å². The lowest BCUT2D eigenvalue weighted by atomic mass is 9.83. The first kappa shape index (κ1) is 19.6. The number of pyridine rings is 1. The summed E-state index contributed by atoms with van der Waals surface area (Å²) in [5.41, 5.74) is 0.728. The summed E-state index contributed by atoms with van der Waals surface area (Å²) in [6.07, 6.45) is 7.77. The molecule has 0 bridgehead atoms. The van der Waals surface area contributed by atoms with Gasteiger partial charge in [0, 0.05) is 23.2 Å². The first-order chi connectivity index (χ1) is 13.5. The van der Waals surface area contributed by atoms with Crippen LogP contribution in [0.25, 0.3) is 17.0 Å². The van der Waals surface area contributed by atoms with Gasteiger partial charge in [-0.25, -0.2) is 4.79 Å². The van der Waals surface area contributed by atoms with Gasteiger partial charge in [0.25, 0.3) is 5.91 Å². The molecule has 0 spiro atoms. The summed E-state index contributed by atoms with van der Waals surface area (Å²) in [7, 11) is 0. The molecule has 1 aromatic heterocycles. The molecule has 28 heavy (non-hydrogen) atoms. The minimum Gasteiger partial charge on any atom is -0.449 e. The zero-order valence-electron chi connectivity index (χ0n) is 15.9. The Morgan fingerprint density at radius 3 is 2.75 bits per heavy atom. The molecule has 1 atom stereocenters. The topological polar surface area (TPSA) is 92.1 Å². The molecule has 1 fully saturated rings. The molecule has 1 aromatic carbocycles. The second-order valence-corrected chi connectivity index (χ2v) is 7.08. The van der Waals surface area contributed by atoms with Crippen molar-refractivity contribution in [2.75, 3.05) is 0 Å². The Labute approximate surface area is 164 Å². The highest BCUT2D eigenvalue weighted by Gasteiger charge is 2.35. The molecule has 6 heteroatoms. The van der Waals surface area contributed by atoms with Gasteiger partial charge in [-0.3, -0.25) is 9.78 Å². The number of para-hydroxylation sites is 1. The van der Waals surface area contributed by atoms with Crippen molar-refractivity contribution in [3.63, 3.8) is 0 Å². The number of hydrogen-bond donors (Lipinski definition) is 1. The van der Waals surface area contributed by atoms with Crippen LogP contribution in [0, 0.1) is 11.3 Å². The number of nitrogens with zero attached hydrogens (tertiary/aromatic N) is 2. The van der Waals surface area contributed by atoms with E-state index in [1.54, 1.807) is 12.3 Å². The van der Waals surface area contributed by atoms with Gasteiger partial charge in [-0.15, -0.1) is 0 Å². The highest BCUT2D eigenvalue weighted by Crippen LogP contribution is 2.27. The minimum absolute atomic E-state index is 0.447. The van der Waals surface area contributed by atoms with Crippen LogP contribution in [-0.2, 0) is 14.3 Å². The van der Waals surface area contributed by atoms with E-state index in [1.165, 1.54) is 13.0 Å². The maximum Gasteiger partial charge on any atom is 0.331 e. The molecule has 1 heterocycles. The van der Waals surface area contributed by atoms with Gasteiger partial charge >= 0.3 is 5.97 Å². The van der Waals surface area contributed by atoms with Crippen LogP contribution in [0.15, 0.2) is 42.6 Å². The second kappa shape index (κ2) is 8.66. The van der Waals surface area contributed by atoms with Crippen molar-refractivity contribution in [3.05, 3.63) is 48.2 Å². The first-order valence-corrected chi connectivity index (χ1v) is 9.49. The number of carbonyl (C=O) groups excluding carboxylic acids is 2. The second-order valence-electron chi connectivity index (χ2n) is 7.08. The van der Waals surface area contributed by atoms with Crippen LogP contribution in [0.4, 0.5) is 0 Å². The number of rotatable bonds is 5. The van der Waals surface area contributed by atoms with Gasteiger partial charge in [0.1, 0.15) is 5.54 Å². The molecule has 1 aliphatic rings. The Kier molecular flexibility index (Phi) is 6.05. The SMILES string of the molecule is CC(OC(=O)C=Cc1cccc2cccnc12)C(=O)NC1(C#N)CCCCC1. The normalized spacial score (nSPS) is 17.0. The molecule has 3 rings (SSSR count). The highest BCUT2D eigenvalue weighted by molar-refractivity contribution is 5.94. The van der Waals surface area contributed by atoms with Crippen LogP contribution in [0.3, 0.4) is 0 Å².